The van der Waals surface area contributed by atoms with Crippen LogP contribution in [0.1, 0.15) is 99.0 Å². The molecule has 262 valence electrons. The molecule has 1 aliphatic carbocycles. The molecule has 1 saturated heterocycles. The maximum Gasteiger partial charge on any atom is 0.243 e. The van der Waals surface area contributed by atoms with Crippen molar-refractivity contribution in [1.29, 1.82) is 0 Å². The van der Waals surface area contributed by atoms with Gasteiger partial charge in [0.25, 0.3) is 0 Å². The highest BCUT2D eigenvalue weighted by Gasteiger charge is 2.38. The molecule has 2 aliphatic rings. The maximum absolute atomic E-state index is 14.1. The number of allylic oxidation sites excluding steroid dienone is 4. The van der Waals surface area contributed by atoms with E-state index in [4.69, 9.17) is 5.73 Å². The first kappa shape index (κ1) is 38.6. The highest BCUT2D eigenvalue weighted by molar-refractivity contribution is 6.24. The average Bonchev–Trinajstić information content (AvgIpc) is 3.53. The Balaban J connectivity index is 1.72. The molecular weight excluding hydrogens is 604 g/mol. The number of amides is 3. The molecule has 0 saturated carbocycles. The fourth-order valence-electron chi connectivity index (χ4n) is 6.55. The molecule has 3 rings (SSSR count). The number of ketones is 2. The Bertz CT molecular complexity index is 1420. The number of nitrogens with zero attached hydrogens (tertiary/aromatic N) is 1. The van der Waals surface area contributed by atoms with Gasteiger partial charge in [-0.3, -0.25) is 24.0 Å². The lowest BCUT2D eigenvalue weighted by Gasteiger charge is -2.29. The van der Waals surface area contributed by atoms with Crippen molar-refractivity contribution in [3.05, 3.63) is 70.3 Å². The van der Waals surface area contributed by atoms with E-state index in [1.165, 1.54) is 0 Å². The smallest absolute Gasteiger partial charge is 0.243 e. The number of benzene rings is 1. The van der Waals surface area contributed by atoms with Crippen LogP contribution in [-0.4, -0.2) is 64.9 Å². The van der Waals surface area contributed by atoms with Gasteiger partial charge < -0.3 is 21.3 Å². The summed E-state index contributed by atoms with van der Waals surface area (Å²) in [5.41, 5.74) is 9.35. The molecule has 0 bridgehead atoms. The van der Waals surface area contributed by atoms with Gasteiger partial charge in [0.05, 0.1) is 5.92 Å². The Morgan fingerprint density at radius 1 is 0.917 bits per heavy atom. The molecule has 1 aromatic rings. The number of hydrogen-bond acceptors (Lipinski definition) is 6. The summed E-state index contributed by atoms with van der Waals surface area (Å²) < 4.78 is 0. The molecule has 1 aromatic carbocycles. The predicted molar refractivity (Wildman–Crippen MR) is 190 cm³/mol. The summed E-state index contributed by atoms with van der Waals surface area (Å²) in [6.45, 7) is 13.5. The summed E-state index contributed by atoms with van der Waals surface area (Å²) in [6, 6.07) is 8.05. The second-order valence-electron chi connectivity index (χ2n) is 14.1. The fourth-order valence-corrected chi connectivity index (χ4v) is 6.55. The van der Waals surface area contributed by atoms with Crippen LogP contribution < -0.4 is 16.4 Å². The number of carbonyl (C=O) groups is 5. The summed E-state index contributed by atoms with van der Waals surface area (Å²) in [7, 11) is 0. The van der Waals surface area contributed by atoms with Crippen molar-refractivity contribution in [2.45, 2.75) is 124 Å². The molecule has 0 radical (unpaired) electrons. The SMILES string of the molecule is CC1=C(C)C(=O)C(CCCCC(NC(=O)[C@@H]2CCCN2C(=O)C(/C=C/C(N)CC(C)C)Cc2ccccc2)C(=O)NC(C)C)=C(C)C1=O. The van der Waals surface area contributed by atoms with E-state index in [1.54, 1.807) is 25.7 Å². The lowest BCUT2D eigenvalue weighted by molar-refractivity contribution is -0.141. The number of nitrogens with one attached hydrogen (secondary N) is 2. The molecule has 9 nitrogen and oxygen atoms in total. The summed E-state index contributed by atoms with van der Waals surface area (Å²) in [5.74, 6) is -1.000. The monoisotopic (exact) mass is 660 g/mol. The molecule has 0 aromatic heterocycles. The van der Waals surface area contributed by atoms with Crippen molar-refractivity contribution >= 4 is 29.3 Å². The fraction of sp³-hybridized carbons (Fsp3) is 0.564. The second kappa shape index (κ2) is 18.1. The third-order valence-corrected chi connectivity index (χ3v) is 9.33. The minimum atomic E-state index is -0.797. The molecule has 48 heavy (non-hydrogen) atoms. The van der Waals surface area contributed by atoms with Crippen LogP contribution in [0.2, 0.25) is 0 Å². The van der Waals surface area contributed by atoms with Crippen molar-refractivity contribution in [2.75, 3.05) is 6.54 Å². The summed E-state index contributed by atoms with van der Waals surface area (Å²) in [5, 5.41) is 5.87. The number of unbranched alkanes of at least 4 members (excludes halogenated alkanes) is 1. The zero-order valence-electron chi connectivity index (χ0n) is 29.9. The van der Waals surface area contributed by atoms with E-state index in [2.05, 4.69) is 24.5 Å². The van der Waals surface area contributed by atoms with E-state index in [0.29, 0.717) is 79.7 Å². The summed E-state index contributed by atoms with van der Waals surface area (Å²) in [6.07, 6.45) is 8.24. The van der Waals surface area contributed by atoms with Gasteiger partial charge in [-0.25, -0.2) is 0 Å². The first-order chi connectivity index (χ1) is 22.7. The Hall–Kier alpha value is -3.85. The summed E-state index contributed by atoms with van der Waals surface area (Å²) >= 11 is 0. The molecule has 0 spiro atoms. The molecule has 1 heterocycles. The molecule has 4 N–H and O–H groups in total. The molecular formula is C39H56N4O5. The normalized spacial score (nSPS) is 19.0. The van der Waals surface area contributed by atoms with Gasteiger partial charge in [-0.05, 0) is 91.0 Å². The standard InChI is InChI=1S/C39H56N4O5/c1-24(2)22-31(40)20-19-30(23-29-14-9-8-10-15-29)39(48)43-21-13-18-34(43)38(47)42-33(37(46)41-25(3)4)17-12-11-16-32-28(7)35(44)26(5)27(6)36(32)45/h8-10,14-15,19-20,24-25,30-31,33-34H,11-13,16-18,21-23,40H2,1-7H3,(H,41,46)(H,42,47)/b20-19+/t30?,31?,33?,34-/m0/s1. The highest BCUT2D eigenvalue weighted by atomic mass is 16.2. The number of likely N-dealkylation sites (tertiary alicyclic amines) is 1. The first-order valence-corrected chi connectivity index (χ1v) is 17.6. The van der Waals surface area contributed by atoms with Crippen LogP contribution in [0.25, 0.3) is 0 Å². The van der Waals surface area contributed by atoms with Crippen LogP contribution in [0.3, 0.4) is 0 Å². The predicted octanol–water partition coefficient (Wildman–Crippen LogP) is 5.14. The molecule has 1 aliphatic heterocycles. The van der Waals surface area contributed by atoms with Crippen LogP contribution >= 0.6 is 0 Å². The minimum Gasteiger partial charge on any atom is -0.352 e. The van der Waals surface area contributed by atoms with Crippen LogP contribution in [0.5, 0.6) is 0 Å². The molecule has 3 unspecified atom stereocenters. The van der Waals surface area contributed by atoms with Crippen molar-refractivity contribution in [2.24, 2.45) is 17.6 Å². The van der Waals surface area contributed by atoms with Gasteiger partial charge in [0, 0.05) is 40.9 Å². The number of rotatable bonds is 16. The van der Waals surface area contributed by atoms with Gasteiger partial charge in [-0.15, -0.1) is 0 Å². The van der Waals surface area contributed by atoms with Gasteiger partial charge in [0.15, 0.2) is 11.6 Å². The Morgan fingerprint density at radius 2 is 1.58 bits per heavy atom. The van der Waals surface area contributed by atoms with Gasteiger partial charge in [-0.2, -0.15) is 0 Å². The quantitative estimate of drug-likeness (QED) is 0.128. The third-order valence-electron chi connectivity index (χ3n) is 9.33. The zero-order chi connectivity index (χ0) is 35.5. The molecule has 1 fully saturated rings. The molecule has 3 amide bonds. The van der Waals surface area contributed by atoms with E-state index in [9.17, 15) is 24.0 Å². The largest absolute Gasteiger partial charge is 0.352 e. The Labute approximate surface area is 286 Å². The van der Waals surface area contributed by atoms with Crippen LogP contribution in [0.15, 0.2) is 64.8 Å². The van der Waals surface area contributed by atoms with E-state index in [0.717, 1.165) is 12.0 Å². The van der Waals surface area contributed by atoms with Gasteiger partial charge in [0.2, 0.25) is 17.7 Å². The number of carbonyl (C=O) groups excluding carboxylic acids is 5. The van der Waals surface area contributed by atoms with Gasteiger partial charge in [-0.1, -0.05) is 62.8 Å². The van der Waals surface area contributed by atoms with Gasteiger partial charge in [0.1, 0.15) is 12.1 Å². The Morgan fingerprint density at radius 3 is 2.23 bits per heavy atom. The first-order valence-electron chi connectivity index (χ1n) is 17.6. The van der Waals surface area contributed by atoms with Gasteiger partial charge >= 0.3 is 0 Å². The van der Waals surface area contributed by atoms with E-state index >= 15 is 0 Å². The number of Topliss-reactive ketones (excluding diaryl/α,β-unsaturated/α-hetero) is 2. The van der Waals surface area contributed by atoms with Crippen molar-refractivity contribution < 1.29 is 24.0 Å². The average molecular weight is 661 g/mol. The van der Waals surface area contributed by atoms with E-state index in [1.807, 2.05) is 56.3 Å². The third kappa shape index (κ3) is 10.6. The van der Waals surface area contributed by atoms with Crippen LogP contribution in [0.4, 0.5) is 0 Å². The maximum atomic E-state index is 14.1. The van der Waals surface area contributed by atoms with Crippen molar-refractivity contribution in [1.82, 2.24) is 15.5 Å². The van der Waals surface area contributed by atoms with Crippen molar-refractivity contribution in [3.8, 4) is 0 Å². The van der Waals surface area contributed by atoms with E-state index < -0.39 is 18.0 Å². The lowest BCUT2D eigenvalue weighted by Crippen LogP contribution is -2.54. The number of hydrogen-bond donors (Lipinski definition) is 3. The van der Waals surface area contributed by atoms with E-state index in [-0.39, 0.29) is 41.4 Å². The molecule has 9 heteroatoms. The Kier molecular flexibility index (Phi) is 14.5. The van der Waals surface area contributed by atoms with Crippen molar-refractivity contribution in [3.63, 3.8) is 0 Å². The zero-order valence-corrected chi connectivity index (χ0v) is 29.9. The lowest BCUT2D eigenvalue weighted by atomic mass is 9.84. The van der Waals surface area contributed by atoms with Crippen LogP contribution in [0, 0.1) is 11.8 Å². The molecule has 4 atom stereocenters. The summed E-state index contributed by atoms with van der Waals surface area (Å²) in [4.78, 5) is 68.2. The highest BCUT2D eigenvalue weighted by Crippen LogP contribution is 2.28. The minimum absolute atomic E-state index is 0.0969. The van der Waals surface area contributed by atoms with Crippen LogP contribution in [-0.2, 0) is 30.4 Å². The number of nitrogens with two attached hydrogens (primary N) is 1. The topological polar surface area (TPSA) is 139 Å². The second-order valence-corrected chi connectivity index (χ2v) is 14.1.